The van der Waals surface area contributed by atoms with Crippen molar-refractivity contribution in [1.82, 2.24) is 0 Å². The van der Waals surface area contributed by atoms with E-state index in [9.17, 15) is 13.5 Å². The van der Waals surface area contributed by atoms with Gasteiger partial charge in [-0.15, -0.1) is 0 Å². The van der Waals surface area contributed by atoms with Crippen LogP contribution in [-0.4, -0.2) is 32.4 Å². The van der Waals surface area contributed by atoms with Crippen molar-refractivity contribution in [2.75, 3.05) is 23.9 Å². The van der Waals surface area contributed by atoms with Gasteiger partial charge < -0.3 is 16.2 Å². The normalized spacial score (nSPS) is 23.5. The van der Waals surface area contributed by atoms with Crippen molar-refractivity contribution in [3.63, 3.8) is 0 Å². The summed E-state index contributed by atoms with van der Waals surface area (Å²) in [5.74, 6) is 0.210. The van der Waals surface area contributed by atoms with Gasteiger partial charge in [0.1, 0.15) is 0 Å². The van der Waals surface area contributed by atoms with Crippen molar-refractivity contribution < 1.29 is 13.5 Å². The molecule has 2 unspecified atom stereocenters. The number of aliphatic hydroxyl groups excluding tert-OH is 1. The van der Waals surface area contributed by atoms with Gasteiger partial charge >= 0.3 is 0 Å². The molecular formula is C13H20N2O3S. The molecule has 0 radical (unpaired) electrons. The van der Waals surface area contributed by atoms with Crippen molar-refractivity contribution >= 4 is 21.2 Å². The summed E-state index contributed by atoms with van der Waals surface area (Å²) >= 11 is 0. The molecule has 1 saturated carbocycles. The molecule has 0 aliphatic heterocycles. The summed E-state index contributed by atoms with van der Waals surface area (Å²) in [6, 6.07) is 5.12. The zero-order chi connectivity index (χ0) is 14.0. The first-order valence-corrected chi connectivity index (χ1v) is 8.28. The lowest BCUT2D eigenvalue weighted by Crippen LogP contribution is -2.27. The average Bonchev–Trinajstić information content (AvgIpc) is 2.77. The van der Waals surface area contributed by atoms with Crippen LogP contribution in [0, 0.1) is 5.92 Å². The van der Waals surface area contributed by atoms with Crippen molar-refractivity contribution in [2.24, 2.45) is 5.92 Å². The largest absolute Gasteiger partial charge is 0.396 e. The van der Waals surface area contributed by atoms with Gasteiger partial charge in [-0.3, -0.25) is 0 Å². The molecule has 0 heterocycles. The third-order valence-electron chi connectivity index (χ3n) is 3.70. The van der Waals surface area contributed by atoms with Crippen LogP contribution in [0.25, 0.3) is 0 Å². The monoisotopic (exact) mass is 284 g/mol. The molecule has 4 N–H and O–H groups in total. The van der Waals surface area contributed by atoms with Gasteiger partial charge in [0.05, 0.1) is 16.3 Å². The quantitative estimate of drug-likeness (QED) is 0.724. The second-order valence-corrected chi connectivity index (χ2v) is 7.10. The van der Waals surface area contributed by atoms with Crippen LogP contribution in [0.2, 0.25) is 0 Å². The molecule has 0 aromatic heterocycles. The zero-order valence-corrected chi connectivity index (χ0v) is 11.8. The maximum Gasteiger partial charge on any atom is 0.177 e. The number of nitrogen functional groups attached to an aromatic ring is 1. The number of hydrogen-bond acceptors (Lipinski definition) is 5. The molecule has 1 aromatic rings. The van der Waals surface area contributed by atoms with E-state index in [1.807, 2.05) is 0 Å². The summed E-state index contributed by atoms with van der Waals surface area (Å²) in [5, 5.41) is 12.6. The number of rotatable bonds is 4. The predicted molar refractivity (Wildman–Crippen MR) is 75.8 cm³/mol. The number of sulfone groups is 1. The highest BCUT2D eigenvalue weighted by Gasteiger charge is 2.27. The molecule has 2 atom stereocenters. The van der Waals surface area contributed by atoms with Gasteiger partial charge in [-0.25, -0.2) is 8.42 Å². The number of benzene rings is 1. The maximum atomic E-state index is 11.6. The summed E-state index contributed by atoms with van der Waals surface area (Å²) in [7, 11) is -3.32. The molecule has 0 spiro atoms. The van der Waals surface area contributed by atoms with Gasteiger partial charge in [0.15, 0.2) is 9.84 Å². The molecule has 1 aromatic carbocycles. The van der Waals surface area contributed by atoms with Crippen molar-refractivity contribution in [1.29, 1.82) is 0 Å². The van der Waals surface area contributed by atoms with Crippen LogP contribution in [-0.2, 0) is 9.84 Å². The van der Waals surface area contributed by atoms with Gasteiger partial charge in [0, 0.05) is 24.8 Å². The highest BCUT2D eigenvalue weighted by Crippen LogP contribution is 2.32. The second kappa shape index (κ2) is 5.38. The Balaban J connectivity index is 2.27. The SMILES string of the molecule is CS(=O)(=O)c1cccc(NC2CCCC2CO)c1N. The Labute approximate surface area is 113 Å². The molecule has 19 heavy (non-hydrogen) atoms. The maximum absolute atomic E-state index is 11.6. The van der Waals surface area contributed by atoms with E-state index in [0.717, 1.165) is 25.5 Å². The predicted octanol–water partition coefficient (Wildman–Crippen LogP) is 1.25. The molecule has 2 rings (SSSR count). The van der Waals surface area contributed by atoms with E-state index in [-0.39, 0.29) is 29.1 Å². The number of nitrogens with one attached hydrogen (secondary N) is 1. The smallest absolute Gasteiger partial charge is 0.177 e. The van der Waals surface area contributed by atoms with E-state index < -0.39 is 9.84 Å². The summed E-state index contributed by atoms with van der Waals surface area (Å²) in [6.45, 7) is 0.142. The number of nitrogens with two attached hydrogens (primary N) is 1. The Morgan fingerprint density at radius 3 is 2.79 bits per heavy atom. The van der Waals surface area contributed by atoms with E-state index in [1.165, 1.54) is 6.07 Å². The number of aliphatic hydroxyl groups is 1. The third-order valence-corrected chi connectivity index (χ3v) is 4.86. The van der Waals surface area contributed by atoms with Gasteiger partial charge in [-0.1, -0.05) is 12.5 Å². The van der Waals surface area contributed by atoms with E-state index in [0.29, 0.717) is 5.69 Å². The molecule has 0 bridgehead atoms. The molecule has 5 nitrogen and oxygen atoms in total. The lowest BCUT2D eigenvalue weighted by molar-refractivity contribution is 0.222. The number of hydrogen-bond donors (Lipinski definition) is 3. The van der Waals surface area contributed by atoms with Gasteiger partial charge in [0.25, 0.3) is 0 Å². The first kappa shape index (κ1) is 14.1. The number of para-hydroxylation sites is 1. The van der Waals surface area contributed by atoms with Crippen molar-refractivity contribution in [3.05, 3.63) is 18.2 Å². The molecule has 1 aliphatic carbocycles. The third kappa shape index (κ3) is 3.01. The summed E-state index contributed by atoms with van der Waals surface area (Å²) < 4.78 is 23.2. The molecular weight excluding hydrogens is 264 g/mol. The Bertz CT molecular complexity index is 557. The fraction of sp³-hybridized carbons (Fsp3) is 0.538. The molecule has 1 aliphatic rings. The van der Waals surface area contributed by atoms with E-state index in [1.54, 1.807) is 12.1 Å². The molecule has 6 heteroatoms. The Hall–Kier alpha value is -1.27. The first-order chi connectivity index (χ1) is 8.93. The van der Waals surface area contributed by atoms with Crippen LogP contribution in [0.1, 0.15) is 19.3 Å². The summed E-state index contributed by atoms with van der Waals surface area (Å²) in [4.78, 5) is 0.149. The van der Waals surface area contributed by atoms with Crippen LogP contribution in [0.4, 0.5) is 11.4 Å². The summed E-state index contributed by atoms with van der Waals surface area (Å²) in [6.07, 6.45) is 4.16. The minimum Gasteiger partial charge on any atom is -0.396 e. The topological polar surface area (TPSA) is 92.4 Å². The molecule has 0 amide bonds. The van der Waals surface area contributed by atoms with Crippen molar-refractivity contribution in [2.45, 2.75) is 30.2 Å². The van der Waals surface area contributed by atoms with Gasteiger partial charge in [0.2, 0.25) is 0 Å². The minimum atomic E-state index is -3.32. The van der Waals surface area contributed by atoms with Crippen molar-refractivity contribution in [3.8, 4) is 0 Å². The van der Waals surface area contributed by atoms with Crippen LogP contribution < -0.4 is 11.1 Å². The Kier molecular flexibility index (Phi) is 4.01. The highest BCUT2D eigenvalue weighted by molar-refractivity contribution is 7.90. The number of anilines is 2. The van der Waals surface area contributed by atoms with Crippen LogP contribution in [0.15, 0.2) is 23.1 Å². The van der Waals surface area contributed by atoms with Crippen LogP contribution in [0.3, 0.4) is 0 Å². The highest BCUT2D eigenvalue weighted by atomic mass is 32.2. The molecule has 106 valence electrons. The Morgan fingerprint density at radius 2 is 2.16 bits per heavy atom. The molecule has 1 fully saturated rings. The fourth-order valence-corrected chi connectivity index (χ4v) is 3.47. The zero-order valence-electron chi connectivity index (χ0n) is 11.0. The summed E-state index contributed by atoms with van der Waals surface area (Å²) in [5.41, 5.74) is 6.82. The van der Waals surface area contributed by atoms with E-state index in [4.69, 9.17) is 5.73 Å². The lowest BCUT2D eigenvalue weighted by atomic mass is 10.0. The standard InChI is InChI=1S/C13H20N2O3S/c1-19(17,18)12-7-3-6-11(13(12)14)15-10-5-2-4-9(10)8-16/h3,6-7,9-10,15-16H,2,4-5,8,14H2,1H3. The van der Waals surface area contributed by atoms with E-state index >= 15 is 0 Å². The van der Waals surface area contributed by atoms with Gasteiger partial charge in [-0.2, -0.15) is 0 Å². The molecule has 0 saturated heterocycles. The van der Waals surface area contributed by atoms with E-state index in [2.05, 4.69) is 5.32 Å². The van der Waals surface area contributed by atoms with Gasteiger partial charge in [-0.05, 0) is 25.0 Å². The second-order valence-electron chi connectivity index (χ2n) is 5.11. The van der Waals surface area contributed by atoms with Crippen LogP contribution >= 0.6 is 0 Å². The fourth-order valence-electron chi connectivity index (χ4n) is 2.64. The average molecular weight is 284 g/mol. The minimum absolute atomic E-state index is 0.142. The lowest BCUT2D eigenvalue weighted by Gasteiger charge is -2.22. The van der Waals surface area contributed by atoms with Crippen LogP contribution in [0.5, 0.6) is 0 Å². The first-order valence-electron chi connectivity index (χ1n) is 6.39. The Morgan fingerprint density at radius 1 is 1.42 bits per heavy atom.